The molecule has 4 rings (SSSR count). The number of para-hydroxylation sites is 3. The zero-order valence-electron chi connectivity index (χ0n) is 15.2. The normalized spacial score (nSPS) is 15.0. The van der Waals surface area contributed by atoms with Crippen molar-refractivity contribution in [2.75, 3.05) is 10.6 Å². The van der Waals surface area contributed by atoms with Gasteiger partial charge in [0.05, 0.1) is 22.8 Å². The number of benzene rings is 3. The third kappa shape index (κ3) is 4.24. The van der Waals surface area contributed by atoms with Gasteiger partial charge in [0.15, 0.2) is 0 Å². The van der Waals surface area contributed by atoms with Crippen molar-refractivity contribution in [1.29, 1.82) is 0 Å². The highest BCUT2D eigenvalue weighted by Crippen LogP contribution is 2.21. The molecule has 0 radical (unpaired) electrons. The van der Waals surface area contributed by atoms with Crippen molar-refractivity contribution in [3.63, 3.8) is 0 Å². The minimum Gasteiger partial charge on any atom is -0.354 e. The van der Waals surface area contributed by atoms with Gasteiger partial charge in [0.1, 0.15) is 0 Å². The highest BCUT2D eigenvalue weighted by molar-refractivity contribution is 6.24. The monoisotopic (exact) mass is 365 g/mol. The summed E-state index contributed by atoms with van der Waals surface area (Å²) in [7, 11) is 0. The second-order valence-corrected chi connectivity index (χ2v) is 6.29. The molecule has 3 aromatic rings. The minimum atomic E-state index is -0.103. The summed E-state index contributed by atoms with van der Waals surface area (Å²) in [6.07, 6.45) is 3.37. The van der Waals surface area contributed by atoms with Crippen LogP contribution in [0.15, 0.2) is 120 Å². The van der Waals surface area contributed by atoms with Gasteiger partial charge in [0.25, 0.3) is 0 Å². The number of nitrogens with one attached hydrogen (secondary N) is 2. The first-order valence-electron chi connectivity index (χ1n) is 9.04. The lowest BCUT2D eigenvalue weighted by molar-refractivity contribution is -0.111. The Morgan fingerprint density at radius 1 is 0.571 bits per heavy atom. The van der Waals surface area contributed by atoms with Gasteiger partial charge in [-0.2, -0.15) is 0 Å². The fourth-order valence-corrected chi connectivity index (χ4v) is 2.85. The van der Waals surface area contributed by atoms with Gasteiger partial charge in [0, 0.05) is 17.5 Å². The second-order valence-electron chi connectivity index (χ2n) is 6.29. The lowest BCUT2D eigenvalue weighted by atomic mass is 10.0. The maximum absolute atomic E-state index is 12.7. The summed E-state index contributed by atoms with van der Waals surface area (Å²) in [5, 5.41) is 6.49. The molecule has 0 spiro atoms. The van der Waals surface area contributed by atoms with Gasteiger partial charge in [-0.05, 0) is 42.5 Å². The summed E-state index contributed by atoms with van der Waals surface area (Å²) < 4.78 is 0. The van der Waals surface area contributed by atoms with Gasteiger partial charge in [-0.3, -0.25) is 4.79 Å². The molecule has 28 heavy (non-hydrogen) atoms. The van der Waals surface area contributed by atoms with Crippen LogP contribution < -0.4 is 10.6 Å². The van der Waals surface area contributed by atoms with Crippen molar-refractivity contribution < 1.29 is 4.79 Å². The van der Waals surface area contributed by atoms with Gasteiger partial charge in [-0.25, -0.2) is 4.99 Å². The van der Waals surface area contributed by atoms with E-state index in [2.05, 4.69) is 10.6 Å². The van der Waals surface area contributed by atoms with Gasteiger partial charge in [-0.15, -0.1) is 0 Å². The lowest BCUT2D eigenvalue weighted by Gasteiger charge is -2.18. The average molecular weight is 365 g/mol. The summed E-state index contributed by atoms with van der Waals surface area (Å²) in [6, 6.07) is 29.1. The Hall–Kier alpha value is -3.92. The third-order valence-electron chi connectivity index (χ3n) is 4.21. The predicted octanol–water partition coefficient (Wildman–Crippen LogP) is 5.33. The molecular weight excluding hydrogens is 346 g/mol. The van der Waals surface area contributed by atoms with Crippen LogP contribution in [0.25, 0.3) is 0 Å². The molecule has 1 aliphatic rings. The molecule has 0 saturated heterocycles. The maximum atomic E-state index is 12.7. The molecule has 0 saturated carbocycles. The minimum absolute atomic E-state index is 0.103. The van der Waals surface area contributed by atoms with Gasteiger partial charge >= 0.3 is 0 Å². The van der Waals surface area contributed by atoms with E-state index in [-0.39, 0.29) is 5.78 Å². The molecular formula is C24H19N3O. The number of nitrogens with zero attached hydrogens (tertiary/aromatic N) is 1. The molecule has 0 atom stereocenters. The van der Waals surface area contributed by atoms with Gasteiger partial charge in [-0.1, -0.05) is 54.6 Å². The molecule has 2 N–H and O–H groups in total. The van der Waals surface area contributed by atoms with Crippen molar-refractivity contribution in [2.24, 2.45) is 4.99 Å². The summed E-state index contributed by atoms with van der Waals surface area (Å²) in [4.78, 5) is 17.4. The first-order valence-corrected chi connectivity index (χ1v) is 9.04. The Balaban J connectivity index is 1.69. The van der Waals surface area contributed by atoms with Crippen molar-refractivity contribution in [3.8, 4) is 0 Å². The number of aliphatic imine (C=N–C) groups is 1. The van der Waals surface area contributed by atoms with Crippen LogP contribution in [0, 0.1) is 0 Å². The maximum Gasteiger partial charge on any atom is 0.204 e. The summed E-state index contributed by atoms with van der Waals surface area (Å²) in [6.45, 7) is 0. The van der Waals surface area contributed by atoms with Crippen LogP contribution in [0.1, 0.15) is 0 Å². The zero-order valence-corrected chi connectivity index (χ0v) is 15.2. The SMILES string of the molecule is O=C1C=C(Nc2ccccc2)/C(=N/c2ccccc2)C=C1Nc1ccccc1. The molecule has 0 amide bonds. The van der Waals surface area contributed by atoms with E-state index in [1.54, 1.807) is 12.2 Å². The summed E-state index contributed by atoms with van der Waals surface area (Å²) in [5.74, 6) is -0.103. The summed E-state index contributed by atoms with van der Waals surface area (Å²) in [5.41, 5.74) is 4.42. The lowest BCUT2D eigenvalue weighted by Crippen LogP contribution is -2.22. The predicted molar refractivity (Wildman–Crippen MR) is 115 cm³/mol. The van der Waals surface area contributed by atoms with E-state index >= 15 is 0 Å². The second kappa shape index (κ2) is 8.18. The number of carbonyl (C=O) groups excluding carboxylic acids is 1. The van der Waals surface area contributed by atoms with Gasteiger partial charge in [0.2, 0.25) is 5.78 Å². The Morgan fingerprint density at radius 3 is 1.64 bits per heavy atom. The average Bonchev–Trinajstić information content (AvgIpc) is 2.74. The highest BCUT2D eigenvalue weighted by atomic mass is 16.1. The zero-order chi connectivity index (χ0) is 19.2. The molecule has 3 aromatic carbocycles. The van der Waals surface area contributed by atoms with Crippen molar-refractivity contribution in [2.45, 2.75) is 0 Å². The molecule has 4 nitrogen and oxygen atoms in total. The number of hydrogen-bond acceptors (Lipinski definition) is 4. The van der Waals surface area contributed by atoms with Crippen LogP contribution in [0.2, 0.25) is 0 Å². The Morgan fingerprint density at radius 2 is 1.07 bits per heavy atom. The number of hydrogen-bond donors (Lipinski definition) is 2. The van der Waals surface area contributed by atoms with Crippen LogP contribution in [0.4, 0.5) is 17.1 Å². The quantitative estimate of drug-likeness (QED) is 0.601. The Bertz CT molecular complexity index is 1050. The largest absolute Gasteiger partial charge is 0.354 e. The van der Waals surface area contributed by atoms with E-state index in [4.69, 9.17) is 4.99 Å². The standard InChI is InChI=1S/C24H19N3O/c28-24-17-22(26-19-12-6-2-7-13-19)21(25-18-10-4-1-5-11-18)16-23(24)27-20-14-8-3-9-15-20/h1-17,26-27H/b25-21+. The number of carbonyl (C=O) groups is 1. The molecule has 4 heteroatoms. The van der Waals surface area contributed by atoms with E-state index in [0.717, 1.165) is 17.1 Å². The number of allylic oxidation sites excluding steroid dienone is 2. The molecule has 0 aromatic heterocycles. The topological polar surface area (TPSA) is 53.5 Å². The number of ketones is 1. The first kappa shape index (κ1) is 17.5. The Labute approximate surface area is 164 Å². The Kier molecular flexibility index (Phi) is 5.11. The van der Waals surface area contributed by atoms with Crippen LogP contribution >= 0.6 is 0 Å². The molecule has 0 bridgehead atoms. The molecule has 0 fully saturated rings. The molecule has 136 valence electrons. The van der Waals surface area contributed by atoms with Crippen LogP contribution in [-0.2, 0) is 4.79 Å². The molecule has 1 aliphatic carbocycles. The molecule has 0 aliphatic heterocycles. The van der Waals surface area contributed by atoms with E-state index in [1.807, 2.05) is 91.0 Å². The van der Waals surface area contributed by atoms with Crippen molar-refractivity contribution in [1.82, 2.24) is 0 Å². The number of anilines is 2. The molecule has 0 heterocycles. The van der Waals surface area contributed by atoms with E-state index < -0.39 is 0 Å². The van der Waals surface area contributed by atoms with Crippen LogP contribution in [0.5, 0.6) is 0 Å². The van der Waals surface area contributed by atoms with Crippen LogP contribution in [-0.4, -0.2) is 11.5 Å². The highest BCUT2D eigenvalue weighted by Gasteiger charge is 2.19. The fourth-order valence-electron chi connectivity index (χ4n) is 2.85. The van der Waals surface area contributed by atoms with Crippen LogP contribution in [0.3, 0.4) is 0 Å². The summed E-state index contributed by atoms with van der Waals surface area (Å²) >= 11 is 0. The molecule has 0 unspecified atom stereocenters. The van der Waals surface area contributed by atoms with Crippen molar-refractivity contribution >= 4 is 28.6 Å². The smallest absolute Gasteiger partial charge is 0.204 e. The first-order chi connectivity index (χ1) is 13.8. The van der Waals surface area contributed by atoms with Gasteiger partial charge < -0.3 is 10.6 Å². The number of rotatable bonds is 5. The fraction of sp³-hybridized carbons (Fsp3) is 0. The third-order valence-corrected chi connectivity index (χ3v) is 4.21. The van der Waals surface area contributed by atoms with E-state index in [9.17, 15) is 4.79 Å². The van der Waals surface area contributed by atoms with E-state index in [0.29, 0.717) is 17.1 Å². The van der Waals surface area contributed by atoms with Crippen molar-refractivity contribution in [3.05, 3.63) is 115 Å². The van der Waals surface area contributed by atoms with E-state index in [1.165, 1.54) is 0 Å².